The molecule has 0 spiro atoms. The topological polar surface area (TPSA) is 117 Å². The zero-order valence-corrected chi connectivity index (χ0v) is 20.8. The molecule has 0 unspecified atom stereocenters. The van der Waals surface area contributed by atoms with Gasteiger partial charge in [-0.05, 0) is 37.2 Å². The number of benzene rings is 1. The number of amides is 1. The molecule has 1 N–H and O–H groups in total. The molecule has 0 aliphatic carbocycles. The number of carbonyl (C=O) groups excluding carboxylic acids is 2. The minimum absolute atomic E-state index is 0.0432. The number of nitrogens with zero attached hydrogens (tertiary/aromatic N) is 1. The largest absolute Gasteiger partial charge is 0.471 e. The second kappa shape index (κ2) is 10.00. The zero-order chi connectivity index (χ0) is 26.1. The average molecular weight is 507 g/mol. The van der Waals surface area contributed by atoms with Gasteiger partial charge in [-0.15, -0.1) is 0 Å². The van der Waals surface area contributed by atoms with E-state index in [9.17, 15) is 32.9 Å². The van der Waals surface area contributed by atoms with Gasteiger partial charge in [0, 0.05) is 18.6 Å². The molecule has 9 nitrogen and oxygen atoms in total. The van der Waals surface area contributed by atoms with Gasteiger partial charge in [-0.2, -0.15) is 13.2 Å². The van der Waals surface area contributed by atoms with Crippen molar-refractivity contribution < 1.29 is 41.6 Å². The molecule has 1 amide bonds. The summed E-state index contributed by atoms with van der Waals surface area (Å²) in [5.41, 5.74) is -0.287. The van der Waals surface area contributed by atoms with Crippen LogP contribution in [0.5, 0.6) is 0 Å². The minimum Gasteiger partial charge on any atom is -0.454 e. The first-order valence-corrected chi connectivity index (χ1v) is 13.5. The summed E-state index contributed by atoms with van der Waals surface area (Å²) in [6.07, 6.45) is -8.39. The number of hydrogen-bond donors (Lipinski definition) is 1. The van der Waals surface area contributed by atoms with E-state index >= 15 is 0 Å². The second-order valence-electron chi connectivity index (χ2n) is 9.64. The lowest BCUT2D eigenvalue weighted by atomic mass is 9.99. The van der Waals surface area contributed by atoms with Crippen LogP contribution in [-0.2, 0) is 18.7 Å². The molecule has 1 aromatic rings. The number of ether oxygens (including phenoxy) is 2. The molecule has 34 heavy (non-hydrogen) atoms. The molecular formula is C21H29F3N2O7Si. The summed E-state index contributed by atoms with van der Waals surface area (Å²) in [5, 5.41) is 12.5. The summed E-state index contributed by atoms with van der Waals surface area (Å²) in [4.78, 5) is 34.4. The Kier molecular flexibility index (Phi) is 8.16. The van der Waals surface area contributed by atoms with Crippen LogP contribution in [0.15, 0.2) is 24.3 Å². The van der Waals surface area contributed by atoms with Crippen LogP contribution in [0.1, 0.15) is 44.5 Å². The molecule has 0 bridgehead atoms. The SMILES string of the molecule is C[C@@H]1O[C@H](O[Si](C)(C)C(C)(C)C)C[C@@H](NC(=O)C(F)(F)F)[C@@H]1OC(=O)c1ccc([N+](=O)[O-])cc1. The number of hydrogen-bond acceptors (Lipinski definition) is 7. The van der Waals surface area contributed by atoms with E-state index in [1.165, 1.54) is 19.1 Å². The predicted octanol–water partition coefficient (Wildman–Crippen LogP) is 4.32. The zero-order valence-electron chi connectivity index (χ0n) is 19.8. The van der Waals surface area contributed by atoms with Crippen LogP contribution in [0.2, 0.25) is 18.1 Å². The van der Waals surface area contributed by atoms with Gasteiger partial charge in [0.1, 0.15) is 12.4 Å². The van der Waals surface area contributed by atoms with Gasteiger partial charge in [-0.3, -0.25) is 14.9 Å². The molecule has 190 valence electrons. The maximum Gasteiger partial charge on any atom is 0.471 e. The van der Waals surface area contributed by atoms with Crippen molar-refractivity contribution in [1.82, 2.24) is 5.32 Å². The fourth-order valence-corrected chi connectivity index (χ4v) is 4.26. The molecule has 1 fully saturated rings. The van der Waals surface area contributed by atoms with Crippen LogP contribution in [-0.4, -0.2) is 55.8 Å². The number of nitro benzene ring substituents is 1. The summed E-state index contributed by atoms with van der Waals surface area (Å²) in [5.74, 6) is -3.10. The van der Waals surface area contributed by atoms with Crippen LogP contribution in [0.3, 0.4) is 0 Å². The van der Waals surface area contributed by atoms with Crippen LogP contribution in [0.25, 0.3) is 0 Å². The summed E-state index contributed by atoms with van der Waals surface area (Å²) in [6, 6.07) is 3.30. The predicted molar refractivity (Wildman–Crippen MR) is 118 cm³/mol. The number of carbonyl (C=O) groups is 2. The van der Waals surface area contributed by atoms with E-state index < -0.39 is 55.8 Å². The van der Waals surface area contributed by atoms with Crippen molar-refractivity contribution in [2.75, 3.05) is 0 Å². The van der Waals surface area contributed by atoms with Crippen LogP contribution in [0, 0.1) is 10.1 Å². The summed E-state index contributed by atoms with van der Waals surface area (Å²) < 4.78 is 56.3. The third-order valence-corrected chi connectivity index (χ3v) is 10.5. The molecular weight excluding hydrogens is 477 g/mol. The minimum atomic E-state index is -5.13. The van der Waals surface area contributed by atoms with E-state index in [1.807, 2.05) is 39.2 Å². The molecule has 0 saturated carbocycles. The van der Waals surface area contributed by atoms with E-state index in [4.69, 9.17) is 13.9 Å². The Hall–Kier alpha value is -2.51. The van der Waals surface area contributed by atoms with Gasteiger partial charge in [0.25, 0.3) is 5.69 Å². The highest BCUT2D eigenvalue weighted by atomic mass is 28.4. The number of esters is 1. The maximum atomic E-state index is 13.0. The fraction of sp³-hybridized carbons (Fsp3) is 0.619. The molecule has 1 saturated heterocycles. The second-order valence-corrected chi connectivity index (χ2v) is 14.4. The lowest BCUT2D eigenvalue weighted by Gasteiger charge is -2.45. The van der Waals surface area contributed by atoms with Crippen molar-refractivity contribution >= 4 is 25.9 Å². The van der Waals surface area contributed by atoms with Gasteiger partial charge in [-0.1, -0.05) is 20.8 Å². The maximum absolute atomic E-state index is 13.0. The molecule has 1 aliphatic rings. The Labute approximate surface area is 196 Å². The normalized spacial score (nSPS) is 23.8. The molecule has 1 heterocycles. The molecule has 13 heteroatoms. The first kappa shape index (κ1) is 27.7. The van der Waals surface area contributed by atoms with E-state index in [1.54, 1.807) is 0 Å². The van der Waals surface area contributed by atoms with Crippen LogP contribution >= 0.6 is 0 Å². The molecule has 1 aliphatic heterocycles. The van der Waals surface area contributed by atoms with E-state index in [-0.39, 0.29) is 22.7 Å². The third-order valence-electron chi connectivity index (χ3n) is 6.04. The lowest BCUT2D eigenvalue weighted by molar-refractivity contribution is -0.384. The highest BCUT2D eigenvalue weighted by Gasteiger charge is 2.48. The average Bonchev–Trinajstić information content (AvgIpc) is 2.68. The van der Waals surface area contributed by atoms with Crippen molar-refractivity contribution in [1.29, 1.82) is 0 Å². The summed E-state index contributed by atoms with van der Waals surface area (Å²) in [6.45, 7) is 11.4. The number of nitrogens with one attached hydrogen (secondary N) is 1. The lowest BCUT2D eigenvalue weighted by Crippen LogP contribution is -2.60. The van der Waals surface area contributed by atoms with Gasteiger partial charge in [0.2, 0.25) is 0 Å². The highest BCUT2D eigenvalue weighted by molar-refractivity contribution is 6.74. The quantitative estimate of drug-likeness (QED) is 0.264. The van der Waals surface area contributed by atoms with Crippen molar-refractivity contribution in [3.05, 3.63) is 39.9 Å². The van der Waals surface area contributed by atoms with Crippen molar-refractivity contribution in [2.45, 2.75) is 83.0 Å². The molecule has 0 aromatic heterocycles. The molecule has 4 atom stereocenters. The monoisotopic (exact) mass is 506 g/mol. The molecule has 1 aromatic carbocycles. The number of alkyl halides is 3. The Morgan fingerprint density at radius 2 is 1.74 bits per heavy atom. The smallest absolute Gasteiger partial charge is 0.454 e. The van der Waals surface area contributed by atoms with Gasteiger partial charge in [0.15, 0.2) is 8.32 Å². The first-order valence-electron chi connectivity index (χ1n) is 10.6. The van der Waals surface area contributed by atoms with E-state index in [2.05, 4.69) is 0 Å². The van der Waals surface area contributed by atoms with Crippen LogP contribution < -0.4 is 5.32 Å². The van der Waals surface area contributed by atoms with Gasteiger partial charge in [0.05, 0.1) is 22.6 Å². The Balaban J connectivity index is 2.25. The Morgan fingerprint density at radius 3 is 2.21 bits per heavy atom. The van der Waals surface area contributed by atoms with Crippen molar-refractivity contribution in [3.63, 3.8) is 0 Å². The number of nitro groups is 1. The van der Waals surface area contributed by atoms with Crippen molar-refractivity contribution in [2.24, 2.45) is 0 Å². The molecule has 2 rings (SSSR count). The Morgan fingerprint density at radius 1 is 1.18 bits per heavy atom. The van der Waals surface area contributed by atoms with E-state index in [0.29, 0.717) is 0 Å². The Bertz CT molecular complexity index is 916. The number of halogens is 3. The summed E-state index contributed by atoms with van der Waals surface area (Å²) in [7, 11) is -2.37. The van der Waals surface area contributed by atoms with Crippen molar-refractivity contribution in [3.8, 4) is 0 Å². The highest BCUT2D eigenvalue weighted by Crippen LogP contribution is 2.39. The third kappa shape index (κ3) is 6.76. The molecule has 0 radical (unpaired) electrons. The van der Waals surface area contributed by atoms with Crippen LogP contribution in [0.4, 0.5) is 18.9 Å². The fourth-order valence-electron chi connectivity index (χ4n) is 3.10. The number of non-ortho nitro benzene ring substituents is 1. The van der Waals surface area contributed by atoms with Gasteiger partial charge in [-0.25, -0.2) is 4.79 Å². The van der Waals surface area contributed by atoms with E-state index in [0.717, 1.165) is 12.1 Å². The van der Waals surface area contributed by atoms with Gasteiger partial charge < -0.3 is 19.2 Å². The number of rotatable bonds is 6. The van der Waals surface area contributed by atoms with Gasteiger partial charge >= 0.3 is 18.1 Å². The first-order chi connectivity index (χ1) is 15.4. The standard InChI is InChI=1S/C21H29F3N2O7Si/c1-12-17(32-18(27)13-7-9-14(10-8-13)26(29)30)15(25-19(28)21(22,23)24)11-16(31-12)33-34(5,6)20(2,3)4/h7-10,12,15-17H,11H2,1-6H3,(H,25,28)/t12-,15+,16+,17+/m0/s1. The summed E-state index contributed by atoms with van der Waals surface area (Å²) >= 11 is 0.